The molecule has 0 bridgehead atoms. The van der Waals surface area contributed by atoms with Gasteiger partial charge in [-0.1, -0.05) is 37.3 Å². The Morgan fingerprint density at radius 1 is 1.11 bits per heavy atom. The summed E-state index contributed by atoms with van der Waals surface area (Å²) in [7, 11) is 1.78. The van der Waals surface area contributed by atoms with E-state index < -0.39 is 0 Å². The van der Waals surface area contributed by atoms with E-state index in [1.807, 2.05) is 18.2 Å². The molecule has 18 heavy (non-hydrogen) atoms. The third-order valence-electron chi connectivity index (χ3n) is 3.18. The monoisotopic (exact) mass is 261 g/mol. The lowest BCUT2D eigenvalue weighted by molar-refractivity contribution is 0.856. The van der Waals surface area contributed by atoms with Crippen molar-refractivity contribution < 1.29 is 0 Å². The second-order valence-electron chi connectivity index (χ2n) is 4.29. The first-order valence-electron chi connectivity index (χ1n) is 6.01. The summed E-state index contributed by atoms with van der Waals surface area (Å²) in [6, 6.07) is 12.0. The van der Waals surface area contributed by atoms with Crippen LogP contribution in [0.2, 0.25) is 0 Å². The summed E-state index contributed by atoms with van der Waals surface area (Å²) in [6.07, 6.45) is 1.02. The molecule has 0 N–H and O–H groups in total. The van der Waals surface area contributed by atoms with Crippen molar-refractivity contribution in [1.82, 2.24) is 4.57 Å². The van der Waals surface area contributed by atoms with E-state index in [0.29, 0.717) is 5.56 Å². The van der Waals surface area contributed by atoms with Gasteiger partial charge in [-0.3, -0.25) is 4.79 Å². The number of nitrogens with zero attached hydrogens (tertiary/aromatic N) is 1. The van der Waals surface area contributed by atoms with Gasteiger partial charge in [0, 0.05) is 12.6 Å². The van der Waals surface area contributed by atoms with Crippen molar-refractivity contribution in [2.45, 2.75) is 19.2 Å². The summed E-state index contributed by atoms with van der Waals surface area (Å²) in [4.78, 5) is 12.0. The van der Waals surface area contributed by atoms with Crippen LogP contribution < -0.4 is 5.56 Å². The highest BCUT2D eigenvalue weighted by Gasteiger charge is 2.06. The summed E-state index contributed by atoms with van der Waals surface area (Å²) < 4.78 is 1.65. The minimum absolute atomic E-state index is 0.0259. The average molecular weight is 262 g/mol. The average Bonchev–Trinajstić information content (AvgIpc) is 2.42. The van der Waals surface area contributed by atoms with E-state index in [4.69, 9.17) is 11.6 Å². The quantitative estimate of drug-likeness (QED) is 0.777. The molecule has 0 amide bonds. The Kier molecular flexibility index (Phi) is 3.87. The number of alkyl halides is 1. The standard InChI is InChI=1S/C15H16ClNO/c1-3-11-4-6-12(7-5-11)14-9-8-13(10-16)15(18)17(14)2/h4-9H,3,10H2,1-2H3. The number of pyridine rings is 1. The molecule has 0 aliphatic heterocycles. The fourth-order valence-electron chi connectivity index (χ4n) is 1.99. The number of rotatable bonds is 3. The van der Waals surface area contributed by atoms with Crippen molar-refractivity contribution in [1.29, 1.82) is 0 Å². The molecule has 0 fully saturated rings. The van der Waals surface area contributed by atoms with Crippen molar-refractivity contribution in [3.63, 3.8) is 0 Å². The Morgan fingerprint density at radius 2 is 1.78 bits per heavy atom. The summed E-state index contributed by atoms with van der Waals surface area (Å²) >= 11 is 5.73. The zero-order chi connectivity index (χ0) is 13.1. The minimum atomic E-state index is -0.0259. The van der Waals surface area contributed by atoms with Crippen LogP contribution in [0.25, 0.3) is 11.3 Å². The first-order valence-corrected chi connectivity index (χ1v) is 6.55. The zero-order valence-corrected chi connectivity index (χ0v) is 11.4. The van der Waals surface area contributed by atoms with Crippen molar-refractivity contribution in [3.05, 3.63) is 57.9 Å². The molecule has 2 nitrogen and oxygen atoms in total. The molecule has 0 aliphatic rings. The molecule has 0 atom stereocenters. The molecule has 2 rings (SSSR count). The van der Waals surface area contributed by atoms with E-state index in [9.17, 15) is 4.79 Å². The zero-order valence-electron chi connectivity index (χ0n) is 10.6. The third-order valence-corrected chi connectivity index (χ3v) is 3.47. The molecule has 0 saturated carbocycles. The summed E-state index contributed by atoms with van der Waals surface area (Å²) in [6.45, 7) is 2.13. The lowest BCUT2D eigenvalue weighted by atomic mass is 10.1. The summed E-state index contributed by atoms with van der Waals surface area (Å²) in [5.41, 5.74) is 3.86. The van der Waals surface area contributed by atoms with Gasteiger partial charge in [0.2, 0.25) is 0 Å². The molecule has 94 valence electrons. The molecule has 3 heteroatoms. The van der Waals surface area contributed by atoms with Gasteiger partial charge in [0.25, 0.3) is 5.56 Å². The molecule has 0 radical (unpaired) electrons. The lowest BCUT2D eigenvalue weighted by Crippen LogP contribution is -2.21. The van der Waals surface area contributed by atoms with Gasteiger partial charge >= 0.3 is 0 Å². The Labute approximate surface area is 112 Å². The number of aryl methyl sites for hydroxylation is 1. The predicted octanol–water partition coefficient (Wildman–Crippen LogP) is 3.35. The number of aromatic nitrogens is 1. The third kappa shape index (κ3) is 2.34. The van der Waals surface area contributed by atoms with Crippen molar-refractivity contribution >= 4 is 11.6 Å². The van der Waals surface area contributed by atoms with Gasteiger partial charge in [-0.05, 0) is 23.6 Å². The van der Waals surface area contributed by atoms with Gasteiger partial charge in [-0.15, -0.1) is 11.6 Å². The highest BCUT2D eigenvalue weighted by atomic mass is 35.5. The van der Waals surface area contributed by atoms with E-state index in [1.165, 1.54) is 5.56 Å². The second kappa shape index (κ2) is 5.40. The Hall–Kier alpha value is -1.54. The first kappa shape index (κ1) is 12.9. The summed E-state index contributed by atoms with van der Waals surface area (Å²) in [5, 5.41) is 0. The highest BCUT2D eigenvalue weighted by molar-refractivity contribution is 6.17. The number of hydrogen-bond acceptors (Lipinski definition) is 1. The van der Waals surface area contributed by atoms with E-state index in [0.717, 1.165) is 17.7 Å². The summed E-state index contributed by atoms with van der Waals surface area (Å²) in [5.74, 6) is 0.252. The van der Waals surface area contributed by atoms with Gasteiger partial charge in [-0.25, -0.2) is 0 Å². The smallest absolute Gasteiger partial charge is 0.255 e. The van der Waals surface area contributed by atoms with E-state index in [1.54, 1.807) is 17.7 Å². The Balaban J connectivity index is 2.50. The maximum Gasteiger partial charge on any atom is 0.255 e. The lowest BCUT2D eigenvalue weighted by Gasteiger charge is -2.10. The van der Waals surface area contributed by atoms with Crippen molar-refractivity contribution in [3.8, 4) is 11.3 Å². The van der Waals surface area contributed by atoms with Crippen LogP contribution >= 0.6 is 11.6 Å². The number of hydrogen-bond donors (Lipinski definition) is 0. The molecule has 1 heterocycles. The number of benzene rings is 1. The molecule has 0 unspecified atom stereocenters. The van der Waals surface area contributed by atoms with E-state index in [-0.39, 0.29) is 11.4 Å². The number of halogens is 1. The van der Waals surface area contributed by atoms with E-state index in [2.05, 4.69) is 19.1 Å². The van der Waals surface area contributed by atoms with Crippen molar-refractivity contribution in [2.75, 3.05) is 0 Å². The fourth-order valence-corrected chi connectivity index (χ4v) is 2.19. The molecule has 1 aromatic carbocycles. The molecule has 0 saturated heterocycles. The molecule has 0 spiro atoms. The second-order valence-corrected chi connectivity index (χ2v) is 4.56. The van der Waals surface area contributed by atoms with Crippen LogP contribution in [-0.2, 0) is 19.3 Å². The SMILES string of the molecule is CCc1ccc(-c2ccc(CCl)c(=O)n2C)cc1. The van der Waals surface area contributed by atoms with Crippen molar-refractivity contribution in [2.24, 2.45) is 7.05 Å². The maximum atomic E-state index is 12.0. The molecular weight excluding hydrogens is 246 g/mol. The highest BCUT2D eigenvalue weighted by Crippen LogP contribution is 2.18. The minimum Gasteiger partial charge on any atom is -0.311 e. The molecular formula is C15H16ClNO. The van der Waals surface area contributed by atoms with E-state index >= 15 is 0 Å². The van der Waals surface area contributed by atoms with Crippen LogP contribution in [0.1, 0.15) is 18.1 Å². The largest absolute Gasteiger partial charge is 0.311 e. The topological polar surface area (TPSA) is 22.0 Å². The molecule has 1 aromatic heterocycles. The maximum absolute atomic E-state index is 12.0. The van der Waals surface area contributed by atoms with Crippen LogP contribution in [0, 0.1) is 0 Å². The van der Waals surface area contributed by atoms with Gasteiger partial charge in [-0.2, -0.15) is 0 Å². The Bertz CT molecular complexity index is 599. The van der Waals surface area contributed by atoms with Gasteiger partial charge in [0.15, 0.2) is 0 Å². The van der Waals surface area contributed by atoms with Crippen LogP contribution in [0.3, 0.4) is 0 Å². The van der Waals surface area contributed by atoms with Gasteiger partial charge in [0.05, 0.1) is 11.6 Å². The fraction of sp³-hybridized carbons (Fsp3) is 0.267. The Morgan fingerprint density at radius 3 is 2.33 bits per heavy atom. The molecule has 2 aromatic rings. The van der Waals surface area contributed by atoms with Crippen LogP contribution in [0.4, 0.5) is 0 Å². The molecule has 0 aliphatic carbocycles. The van der Waals surface area contributed by atoms with Crippen LogP contribution in [0.5, 0.6) is 0 Å². The van der Waals surface area contributed by atoms with Crippen LogP contribution in [0.15, 0.2) is 41.2 Å². The first-order chi connectivity index (χ1) is 8.67. The van der Waals surface area contributed by atoms with Crippen LogP contribution in [-0.4, -0.2) is 4.57 Å². The predicted molar refractivity (Wildman–Crippen MR) is 76.1 cm³/mol. The normalized spacial score (nSPS) is 10.6. The van der Waals surface area contributed by atoms with Gasteiger partial charge in [0.1, 0.15) is 0 Å². The van der Waals surface area contributed by atoms with Gasteiger partial charge < -0.3 is 4.57 Å².